The number of benzene rings is 2. The predicted octanol–water partition coefficient (Wildman–Crippen LogP) is 5.28. The normalized spacial score (nSPS) is 23.0. The van der Waals surface area contributed by atoms with E-state index in [4.69, 9.17) is 20.9 Å². The van der Waals surface area contributed by atoms with Crippen molar-refractivity contribution in [1.29, 1.82) is 0 Å². The number of anilines is 1. The highest BCUT2D eigenvalue weighted by atomic mass is 19.1. The summed E-state index contributed by atoms with van der Waals surface area (Å²) in [6, 6.07) is 6.28. The van der Waals surface area contributed by atoms with E-state index in [9.17, 15) is 14.3 Å². The molecule has 5 heterocycles. The summed E-state index contributed by atoms with van der Waals surface area (Å²) < 4.78 is 44.1. The van der Waals surface area contributed by atoms with E-state index in [1.807, 2.05) is 4.90 Å². The Balaban J connectivity index is 1.19. The van der Waals surface area contributed by atoms with Crippen LogP contribution in [-0.2, 0) is 9.53 Å². The molecule has 2 aromatic heterocycles. The molecule has 2 atom stereocenters. The maximum absolute atomic E-state index is 16.9. The Hall–Kier alpha value is -4.60. The molecule has 12 heteroatoms. The third-order valence-electron chi connectivity index (χ3n) is 11.2. The fraction of sp³-hybridized carbons (Fsp3) is 0.474. The van der Waals surface area contributed by atoms with Crippen LogP contribution in [0.2, 0.25) is 0 Å². The summed E-state index contributed by atoms with van der Waals surface area (Å²) in [5, 5.41) is 11.7. The minimum Gasteiger partial charge on any atom is -0.508 e. The lowest BCUT2D eigenvalue weighted by atomic mass is 9.74. The average Bonchev–Trinajstić information content (AvgIpc) is 3.33. The van der Waals surface area contributed by atoms with Gasteiger partial charge in [-0.2, -0.15) is 9.97 Å². The number of pyridine rings is 1. The number of likely N-dealkylation sites (tertiary alicyclic amines) is 2. The first kappa shape index (κ1) is 32.6. The quantitative estimate of drug-likeness (QED) is 0.272. The first-order chi connectivity index (χ1) is 24.3. The second-order valence-corrected chi connectivity index (χ2v) is 14.1. The largest absolute Gasteiger partial charge is 0.508 e. The molecule has 3 saturated heterocycles. The van der Waals surface area contributed by atoms with Crippen molar-refractivity contribution in [3.8, 4) is 35.4 Å². The van der Waals surface area contributed by atoms with E-state index in [1.165, 1.54) is 30.5 Å². The monoisotopic (exact) mass is 682 g/mol. The summed E-state index contributed by atoms with van der Waals surface area (Å²) >= 11 is 0. The van der Waals surface area contributed by atoms with E-state index in [2.05, 4.69) is 25.7 Å². The number of phenols is 1. The number of hydrogen-bond donors (Lipinski definition) is 1. The van der Waals surface area contributed by atoms with Crippen LogP contribution in [0.3, 0.4) is 0 Å². The lowest BCUT2D eigenvalue weighted by Crippen LogP contribution is -2.66. The lowest BCUT2D eigenvalue weighted by Gasteiger charge is -2.54. The molecule has 1 saturated carbocycles. The van der Waals surface area contributed by atoms with Gasteiger partial charge in [0.25, 0.3) is 0 Å². The van der Waals surface area contributed by atoms with Gasteiger partial charge in [-0.05, 0) is 62.2 Å². The molecule has 4 aliphatic rings. The molecule has 2 aromatic carbocycles. The zero-order chi connectivity index (χ0) is 34.6. The van der Waals surface area contributed by atoms with Gasteiger partial charge in [-0.15, -0.1) is 6.42 Å². The number of carbonyl (C=O) groups is 1. The van der Waals surface area contributed by atoms with Crippen LogP contribution < -0.4 is 9.64 Å². The number of phenolic OH excluding ortho intramolecular Hbond substituents is 1. The minimum atomic E-state index is -0.748. The Morgan fingerprint density at radius 2 is 1.96 bits per heavy atom. The SMILES string of the molecule is C#Cc1c(F)ccc2cc(O)cc(-c3ncc4c(N5CCCOCC5)nc(OCC56CCCC5N(C5CN(C(C)=O)C5)CCC6)nc4c3F)c12. The Morgan fingerprint density at radius 1 is 1.12 bits per heavy atom. The standard InChI is InChI=1S/C38H40F2N6O4/c1-3-27-30(39)9-8-24-17-26(48)18-28(32(24)27)34-33(40)35-29(19-41-34)36(44-12-6-15-49-16-14-44)43-37(42-35)50-22-38-10-4-7-31(38)46(13-5-11-38)25-20-45(21-25)23(2)47/h1,8-9,17-19,25,31,48H,4-7,10-16,20-22H2,2H3. The summed E-state index contributed by atoms with van der Waals surface area (Å²) in [5.41, 5.74) is -0.0831. The number of amides is 1. The number of nitrogens with zero attached hydrogens (tertiary/aromatic N) is 6. The van der Waals surface area contributed by atoms with Crippen molar-refractivity contribution in [2.75, 3.05) is 57.4 Å². The summed E-state index contributed by atoms with van der Waals surface area (Å²) in [4.78, 5) is 32.5. The third-order valence-corrected chi connectivity index (χ3v) is 11.2. The zero-order valence-electron chi connectivity index (χ0n) is 28.1. The van der Waals surface area contributed by atoms with Crippen LogP contribution in [0, 0.1) is 29.4 Å². The third kappa shape index (κ3) is 5.57. The van der Waals surface area contributed by atoms with E-state index in [0.717, 1.165) is 58.2 Å². The Labute approximate surface area is 289 Å². The molecule has 2 unspecified atom stereocenters. The highest BCUT2D eigenvalue weighted by Crippen LogP contribution is 2.49. The Kier molecular flexibility index (Phi) is 8.43. The first-order valence-electron chi connectivity index (χ1n) is 17.5. The zero-order valence-corrected chi connectivity index (χ0v) is 28.1. The van der Waals surface area contributed by atoms with Crippen LogP contribution in [0.4, 0.5) is 14.6 Å². The molecule has 8 rings (SSSR count). The smallest absolute Gasteiger partial charge is 0.319 e. The molecule has 1 amide bonds. The van der Waals surface area contributed by atoms with Crippen LogP contribution in [0.25, 0.3) is 32.9 Å². The van der Waals surface area contributed by atoms with Gasteiger partial charge in [-0.3, -0.25) is 14.7 Å². The molecule has 1 N–H and O–H groups in total. The van der Waals surface area contributed by atoms with Crippen LogP contribution >= 0.6 is 0 Å². The highest BCUT2D eigenvalue weighted by molar-refractivity contribution is 6.03. The van der Waals surface area contributed by atoms with E-state index in [-0.39, 0.29) is 50.8 Å². The molecule has 0 bridgehead atoms. The second kappa shape index (κ2) is 12.9. The Bertz CT molecular complexity index is 2020. The maximum atomic E-state index is 16.9. The number of ether oxygens (including phenoxy) is 2. The van der Waals surface area contributed by atoms with Gasteiger partial charge in [0.05, 0.1) is 24.2 Å². The number of fused-ring (bicyclic) bond motifs is 3. The fourth-order valence-electron chi connectivity index (χ4n) is 8.73. The van der Waals surface area contributed by atoms with Gasteiger partial charge in [0, 0.05) is 74.4 Å². The van der Waals surface area contributed by atoms with Gasteiger partial charge in [0.2, 0.25) is 5.91 Å². The fourth-order valence-corrected chi connectivity index (χ4v) is 8.73. The molecule has 0 spiro atoms. The molecule has 1 aliphatic carbocycles. The van der Waals surface area contributed by atoms with Crippen molar-refractivity contribution < 1.29 is 28.2 Å². The molecule has 50 heavy (non-hydrogen) atoms. The molecule has 3 aliphatic heterocycles. The number of piperidine rings is 1. The van der Waals surface area contributed by atoms with Gasteiger partial charge in [-0.25, -0.2) is 8.78 Å². The van der Waals surface area contributed by atoms with Gasteiger partial charge in [-0.1, -0.05) is 18.4 Å². The molecule has 10 nitrogen and oxygen atoms in total. The van der Waals surface area contributed by atoms with Crippen molar-refractivity contribution in [3.05, 3.63) is 47.7 Å². The molecule has 0 radical (unpaired) electrons. The van der Waals surface area contributed by atoms with Gasteiger partial charge in [0.1, 0.15) is 28.6 Å². The topological polar surface area (TPSA) is 104 Å². The molecule has 260 valence electrons. The lowest BCUT2D eigenvalue weighted by molar-refractivity contribution is -0.139. The average molecular weight is 683 g/mol. The molecular weight excluding hydrogens is 642 g/mol. The van der Waals surface area contributed by atoms with E-state index in [0.29, 0.717) is 61.6 Å². The summed E-state index contributed by atoms with van der Waals surface area (Å²) in [5.74, 6) is 1.50. The number of rotatable bonds is 6. The number of hydrogen-bond acceptors (Lipinski definition) is 9. The van der Waals surface area contributed by atoms with Crippen LogP contribution in [0.15, 0.2) is 30.5 Å². The molecule has 4 fully saturated rings. The van der Waals surface area contributed by atoms with Crippen molar-refractivity contribution in [3.63, 3.8) is 0 Å². The van der Waals surface area contributed by atoms with Crippen molar-refractivity contribution in [2.45, 2.75) is 57.5 Å². The first-order valence-corrected chi connectivity index (χ1v) is 17.5. The van der Waals surface area contributed by atoms with Gasteiger partial charge in [0.15, 0.2) is 5.82 Å². The Morgan fingerprint density at radius 3 is 2.78 bits per heavy atom. The van der Waals surface area contributed by atoms with Gasteiger partial charge >= 0.3 is 6.01 Å². The number of carbonyl (C=O) groups excluding carboxylic acids is 1. The highest BCUT2D eigenvalue weighted by Gasteiger charge is 2.51. The number of halogens is 2. The van der Waals surface area contributed by atoms with Crippen LogP contribution in [0.1, 0.15) is 51.0 Å². The number of aromatic nitrogens is 3. The molecule has 4 aromatic rings. The number of aromatic hydroxyl groups is 1. The maximum Gasteiger partial charge on any atom is 0.319 e. The van der Waals surface area contributed by atoms with E-state index < -0.39 is 11.6 Å². The van der Waals surface area contributed by atoms with Crippen LogP contribution in [-0.4, -0.2) is 100 Å². The van der Waals surface area contributed by atoms with Crippen LogP contribution in [0.5, 0.6) is 11.8 Å². The summed E-state index contributed by atoms with van der Waals surface area (Å²) in [6.07, 6.45) is 13.2. The van der Waals surface area contributed by atoms with Gasteiger partial charge < -0.3 is 24.4 Å². The number of terminal acetylenes is 1. The van der Waals surface area contributed by atoms with E-state index in [1.54, 1.807) is 6.92 Å². The minimum absolute atomic E-state index is 0.0138. The predicted molar refractivity (Wildman–Crippen MR) is 185 cm³/mol. The van der Waals surface area contributed by atoms with E-state index >= 15 is 4.39 Å². The second-order valence-electron chi connectivity index (χ2n) is 14.1. The summed E-state index contributed by atoms with van der Waals surface area (Å²) in [7, 11) is 0. The van der Waals surface area contributed by atoms with Crippen molar-refractivity contribution >= 4 is 33.4 Å². The van der Waals surface area contributed by atoms with Crippen molar-refractivity contribution in [1.82, 2.24) is 24.8 Å². The molecular formula is C38H40F2N6O4. The summed E-state index contributed by atoms with van der Waals surface area (Å²) in [6.45, 7) is 6.86. The van der Waals surface area contributed by atoms with Crippen molar-refractivity contribution in [2.24, 2.45) is 5.41 Å².